The van der Waals surface area contributed by atoms with Gasteiger partial charge in [0.25, 0.3) is 5.56 Å². The van der Waals surface area contributed by atoms with Gasteiger partial charge in [0.05, 0.1) is 23.7 Å². The zero-order chi connectivity index (χ0) is 23.9. The summed E-state index contributed by atoms with van der Waals surface area (Å²) in [6.45, 7) is 0. The number of aromatic nitrogens is 5. The number of nitrogens with one attached hydrogen (secondary N) is 2. The van der Waals surface area contributed by atoms with E-state index in [9.17, 15) is 9.59 Å². The summed E-state index contributed by atoms with van der Waals surface area (Å²) >= 11 is 3.56. The molecule has 0 aliphatic heterocycles. The van der Waals surface area contributed by atoms with Crippen molar-refractivity contribution in [1.29, 1.82) is 0 Å². The number of benzene rings is 1. The van der Waals surface area contributed by atoms with Gasteiger partial charge in [-0.25, -0.2) is 4.98 Å². The minimum atomic E-state index is -1.14. The van der Waals surface area contributed by atoms with Crippen LogP contribution >= 0.6 is 15.9 Å². The van der Waals surface area contributed by atoms with E-state index in [1.165, 1.54) is 6.07 Å². The standard InChI is InChI=1S/C25H20BrN5O3/c1-31-21-4-3-15(9-19(21)18(11-24(31)33)17-6-7-27-12-20(17)26)25(34-2,22-13-28-14-30-22)16-5-8-29-23(32)10-16/h3-14H,1-2H3,(H,28,30)(H,29,32). The molecule has 1 atom stereocenters. The third kappa shape index (κ3) is 3.41. The number of aromatic amines is 2. The topological polar surface area (TPSA) is 106 Å². The molecule has 0 fully saturated rings. The van der Waals surface area contributed by atoms with Gasteiger partial charge >= 0.3 is 0 Å². The minimum Gasteiger partial charge on any atom is -0.362 e. The first-order chi connectivity index (χ1) is 16.5. The molecule has 0 bridgehead atoms. The number of fused-ring (bicyclic) bond motifs is 1. The Hall–Kier alpha value is -3.82. The Kier molecular flexibility index (Phi) is 5.51. The molecule has 2 N–H and O–H groups in total. The molecule has 5 rings (SSSR count). The molecule has 0 amide bonds. The Morgan fingerprint density at radius 3 is 2.50 bits per heavy atom. The highest BCUT2D eigenvalue weighted by Crippen LogP contribution is 2.41. The monoisotopic (exact) mass is 517 g/mol. The van der Waals surface area contributed by atoms with E-state index in [-0.39, 0.29) is 11.1 Å². The SMILES string of the molecule is COC(c1cc[nH]c(=O)c1)(c1ccc2c(c1)c(-c1ccncc1Br)cc(=O)n2C)c1cnc[nH]1. The zero-order valence-corrected chi connectivity index (χ0v) is 20.0. The van der Waals surface area contributed by atoms with E-state index in [1.807, 2.05) is 24.3 Å². The molecular formula is C25H20BrN5O3. The second-order valence-electron chi connectivity index (χ2n) is 7.83. The molecule has 1 unspecified atom stereocenters. The summed E-state index contributed by atoms with van der Waals surface area (Å²) in [5, 5.41) is 0.845. The molecule has 0 aliphatic rings. The predicted octanol–water partition coefficient (Wildman–Crippen LogP) is 3.71. The Morgan fingerprint density at radius 1 is 0.971 bits per heavy atom. The zero-order valence-electron chi connectivity index (χ0n) is 18.4. The number of nitrogens with zero attached hydrogens (tertiary/aromatic N) is 3. The van der Waals surface area contributed by atoms with Crippen molar-refractivity contribution in [3.05, 3.63) is 116 Å². The molecular weight excluding hydrogens is 498 g/mol. The average Bonchev–Trinajstić information content (AvgIpc) is 3.38. The van der Waals surface area contributed by atoms with Crippen LogP contribution in [0.2, 0.25) is 0 Å². The number of pyridine rings is 3. The fourth-order valence-corrected chi connectivity index (χ4v) is 4.90. The van der Waals surface area contributed by atoms with Crippen molar-refractivity contribution < 1.29 is 4.74 Å². The molecule has 0 saturated carbocycles. The van der Waals surface area contributed by atoms with Crippen molar-refractivity contribution in [3.63, 3.8) is 0 Å². The second-order valence-corrected chi connectivity index (χ2v) is 8.69. The van der Waals surface area contributed by atoms with Crippen LogP contribution in [-0.4, -0.2) is 31.6 Å². The first-order valence-electron chi connectivity index (χ1n) is 10.4. The highest BCUT2D eigenvalue weighted by atomic mass is 79.9. The molecule has 170 valence electrons. The van der Waals surface area contributed by atoms with Crippen molar-refractivity contribution in [2.45, 2.75) is 5.60 Å². The Balaban J connectivity index is 1.88. The summed E-state index contributed by atoms with van der Waals surface area (Å²) in [5.74, 6) is 0. The van der Waals surface area contributed by atoms with E-state index in [2.05, 4.69) is 35.9 Å². The van der Waals surface area contributed by atoms with Gasteiger partial charge in [0.15, 0.2) is 5.60 Å². The Morgan fingerprint density at radius 2 is 1.79 bits per heavy atom. The smallest absolute Gasteiger partial charge is 0.251 e. The largest absolute Gasteiger partial charge is 0.362 e. The molecule has 4 aromatic heterocycles. The van der Waals surface area contributed by atoms with Gasteiger partial charge in [-0.2, -0.15) is 0 Å². The number of imidazole rings is 1. The van der Waals surface area contributed by atoms with Crippen LogP contribution in [0.15, 0.2) is 87.6 Å². The molecule has 0 saturated heterocycles. The fourth-order valence-electron chi connectivity index (χ4n) is 4.43. The van der Waals surface area contributed by atoms with Gasteiger partial charge in [-0.3, -0.25) is 14.6 Å². The third-order valence-corrected chi connectivity index (χ3v) is 6.71. The van der Waals surface area contributed by atoms with Crippen LogP contribution in [0.4, 0.5) is 0 Å². The molecule has 4 heterocycles. The maximum absolute atomic E-state index is 12.8. The number of ether oxygens (including phenoxy) is 1. The number of H-pyrrole nitrogens is 2. The van der Waals surface area contributed by atoms with Gasteiger partial charge in [-0.15, -0.1) is 0 Å². The van der Waals surface area contributed by atoms with Crippen molar-refractivity contribution in [2.75, 3.05) is 7.11 Å². The summed E-state index contributed by atoms with van der Waals surface area (Å²) in [7, 11) is 3.33. The Labute approximate surface area is 202 Å². The number of rotatable bonds is 5. The first-order valence-corrected chi connectivity index (χ1v) is 11.2. The molecule has 0 aliphatic carbocycles. The predicted molar refractivity (Wildman–Crippen MR) is 133 cm³/mol. The molecule has 34 heavy (non-hydrogen) atoms. The molecule has 8 nitrogen and oxygen atoms in total. The van der Waals surface area contributed by atoms with Crippen LogP contribution in [-0.2, 0) is 17.4 Å². The normalized spacial score (nSPS) is 13.1. The minimum absolute atomic E-state index is 0.125. The van der Waals surface area contributed by atoms with Gasteiger partial charge in [0, 0.05) is 60.3 Å². The van der Waals surface area contributed by atoms with Gasteiger partial charge in [-0.1, -0.05) is 6.07 Å². The van der Waals surface area contributed by atoms with Crippen LogP contribution in [0.1, 0.15) is 16.8 Å². The maximum Gasteiger partial charge on any atom is 0.251 e. The average molecular weight is 518 g/mol. The summed E-state index contributed by atoms with van der Waals surface area (Å²) in [6, 6.07) is 12.6. The second kappa shape index (κ2) is 8.51. The molecule has 0 spiro atoms. The van der Waals surface area contributed by atoms with Crippen LogP contribution in [0.25, 0.3) is 22.0 Å². The van der Waals surface area contributed by atoms with Crippen LogP contribution in [0.5, 0.6) is 0 Å². The summed E-state index contributed by atoms with van der Waals surface area (Å²) in [5.41, 5.74) is 2.92. The lowest BCUT2D eigenvalue weighted by atomic mass is 9.82. The van der Waals surface area contributed by atoms with Gasteiger partial charge in [0.2, 0.25) is 5.56 Å². The van der Waals surface area contributed by atoms with Gasteiger partial charge in [-0.05, 0) is 56.9 Å². The third-order valence-electron chi connectivity index (χ3n) is 6.08. The number of methoxy groups -OCH3 is 1. The lowest BCUT2D eigenvalue weighted by Gasteiger charge is -2.33. The van der Waals surface area contributed by atoms with Crippen molar-refractivity contribution >= 4 is 26.8 Å². The number of hydrogen-bond acceptors (Lipinski definition) is 5. The number of aryl methyl sites for hydroxylation is 1. The summed E-state index contributed by atoms with van der Waals surface area (Å²) in [4.78, 5) is 39.2. The molecule has 5 aromatic rings. The van der Waals surface area contributed by atoms with E-state index in [0.717, 1.165) is 32.1 Å². The van der Waals surface area contributed by atoms with Crippen LogP contribution in [0.3, 0.4) is 0 Å². The van der Waals surface area contributed by atoms with Gasteiger partial charge in [0.1, 0.15) is 0 Å². The first kappa shape index (κ1) is 22.0. The van der Waals surface area contributed by atoms with E-state index in [4.69, 9.17) is 4.74 Å². The number of hydrogen-bond donors (Lipinski definition) is 2. The summed E-state index contributed by atoms with van der Waals surface area (Å²) < 4.78 is 8.55. The lowest BCUT2D eigenvalue weighted by Crippen LogP contribution is -2.33. The van der Waals surface area contributed by atoms with E-state index in [1.54, 1.807) is 62.0 Å². The van der Waals surface area contributed by atoms with Crippen molar-refractivity contribution in [2.24, 2.45) is 7.05 Å². The lowest BCUT2D eigenvalue weighted by molar-refractivity contribution is 0.0551. The quantitative estimate of drug-likeness (QED) is 0.369. The van der Waals surface area contributed by atoms with E-state index >= 15 is 0 Å². The van der Waals surface area contributed by atoms with E-state index < -0.39 is 5.60 Å². The van der Waals surface area contributed by atoms with Crippen LogP contribution < -0.4 is 11.1 Å². The highest BCUT2D eigenvalue weighted by molar-refractivity contribution is 9.10. The molecule has 0 radical (unpaired) electrons. The highest BCUT2D eigenvalue weighted by Gasteiger charge is 2.38. The Bertz CT molecular complexity index is 1620. The van der Waals surface area contributed by atoms with E-state index in [0.29, 0.717) is 11.3 Å². The molecule has 1 aromatic carbocycles. The van der Waals surface area contributed by atoms with Crippen molar-refractivity contribution in [1.82, 2.24) is 24.5 Å². The van der Waals surface area contributed by atoms with Crippen LogP contribution in [0, 0.1) is 0 Å². The fraction of sp³-hybridized carbons (Fsp3) is 0.120. The maximum atomic E-state index is 12.8. The van der Waals surface area contributed by atoms with Gasteiger partial charge < -0.3 is 19.3 Å². The number of halogens is 1. The van der Waals surface area contributed by atoms with Crippen molar-refractivity contribution in [3.8, 4) is 11.1 Å². The summed E-state index contributed by atoms with van der Waals surface area (Å²) in [6.07, 6.45) is 8.22. The molecule has 9 heteroatoms.